The molecule has 1 aliphatic rings. The number of hydrogen-bond acceptors (Lipinski definition) is 3. The van der Waals surface area contributed by atoms with Crippen LogP contribution in [-0.2, 0) is 14.3 Å². The summed E-state index contributed by atoms with van der Waals surface area (Å²) >= 11 is 0. The highest BCUT2D eigenvalue weighted by atomic mass is 16.7. The maximum atomic E-state index is 10.3. The average Bonchev–Trinajstić information content (AvgIpc) is 1.64. The molecule has 1 fully saturated rings. The van der Waals surface area contributed by atoms with Crippen LogP contribution in [0.2, 0.25) is 0 Å². The maximum Gasteiger partial charge on any atom is 0.316 e. The number of carbonyl (C=O) groups is 1. The van der Waals surface area contributed by atoms with E-state index in [1.807, 2.05) is 0 Å². The Bertz CT molecular complexity index is 114. The molecule has 0 aromatic carbocycles. The first-order valence-electron chi connectivity index (χ1n) is 2.25. The lowest BCUT2D eigenvalue weighted by Gasteiger charge is -2.13. The molecule has 0 bridgehead atoms. The highest BCUT2D eigenvalue weighted by Crippen LogP contribution is 2.07. The van der Waals surface area contributed by atoms with Gasteiger partial charge in [-0.05, 0) is 0 Å². The van der Waals surface area contributed by atoms with Crippen molar-refractivity contribution in [2.75, 3.05) is 6.79 Å². The summed E-state index contributed by atoms with van der Waals surface area (Å²) in [6.45, 7) is 3.47. The fourth-order valence-corrected chi connectivity index (χ4v) is 0.442. The van der Waals surface area contributed by atoms with E-state index in [0.717, 1.165) is 0 Å². The summed E-state index contributed by atoms with van der Waals surface area (Å²) in [5.41, 5.74) is 0. The van der Waals surface area contributed by atoms with Gasteiger partial charge < -0.3 is 9.47 Å². The SMILES string of the molecule is C=C1CC(=O)OCO1. The van der Waals surface area contributed by atoms with Crippen molar-refractivity contribution in [3.05, 3.63) is 12.3 Å². The first-order valence-corrected chi connectivity index (χ1v) is 2.25. The van der Waals surface area contributed by atoms with E-state index < -0.39 is 0 Å². The summed E-state index contributed by atoms with van der Waals surface area (Å²) < 4.78 is 9.14. The first kappa shape index (κ1) is 5.15. The summed E-state index contributed by atoms with van der Waals surface area (Å²) in [4.78, 5) is 10.3. The van der Waals surface area contributed by atoms with Crippen LogP contribution in [0.15, 0.2) is 12.3 Å². The van der Waals surface area contributed by atoms with Crippen molar-refractivity contribution >= 4 is 5.97 Å². The normalized spacial score (nSPS) is 19.5. The van der Waals surface area contributed by atoms with Gasteiger partial charge in [-0.15, -0.1) is 0 Å². The van der Waals surface area contributed by atoms with Crippen molar-refractivity contribution < 1.29 is 14.3 Å². The molecule has 0 radical (unpaired) electrons. The zero-order valence-corrected chi connectivity index (χ0v) is 4.35. The van der Waals surface area contributed by atoms with Crippen LogP contribution in [0.1, 0.15) is 6.42 Å². The molecule has 0 atom stereocenters. The van der Waals surface area contributed by atoms with Gasteiger partial charge in [-0.2, -0.15) is 0 Å². The van der Waals surface area contributed by atoms with Gasteiger partial charge in [0.05, 0.1) is 0 Å². The molecule has 0 aromatic rings. The Morgan fingerprint density at radius 3 is 2.62 bits per heavy atom. The molecule has 8 heavy (non-hydrogen) atoms. The minimum Gasteiger partial charge on any atom is -0.462 e. The second-order valence-corrected chi connectivity index (χ2v) is 1.49. The number of rotatable bonds is 0. The van der Waals surface area contributed by atoms with Gasteiger partial charge >= 0.3 is 5.97 Å². The van der Waals surface area contributed by atoms with Crippen molar-refractivity contribution in [1.82, 2.24) is 0 Å². The van der Waals surface area contributed by atoms with Crippen molar-refractivity contribution in [2.45, 2.75) is 6.42 Å². The minimum absolute atomic E-state index is 0.0255. The van der Waals surface area contributed by atoms with Crippen molar-refractivity contribution in [3.63, 3.8) is 0 Å². The molecular formula is C5H6O3. The van der Waals surface area contributed by atoms with Crippen LogP contribution in [-0.4, -0.2) is 12.8 Å². The van der Waals surface area contributed by atoms with Gasteiger partial charge in [0.25, 0.3) is 0 Å². The van der Waals surface area contributed by atoms with Crippen LogP contribution in [0.5, 0.6) is 0 Å². The van der Waals surface area contributed by atoms with Gasteiger partial charge in [0, 0.05) is 0 Å². The number of ether oxygens (including phenoxy) is 2. The van der Waals surface area contributed by atoms with Crippen LogP contribution in [0.3, 0.4) is 0 Å². The van der Waals surface area contributed by atoms with Gasteiger partial charge in [-0.1, -0.05) is 6.58 Å². The average molecular weight is 114 g/mol. The van der Waals surface area contributed by atoms with Crippen molar-refractivity contribution in [3.8, 4) is 0 Å². The molecule has 1 heterocycles. The van der Waals surface area contributed by atoms with Crippen LogP contribution in [0, 0.1) is 0 Å². The Kier molecular flexibility index (Phi) is 1.20. The van der Waals surface area contributed by atoms with Crippen LogP contribution in [0.25, 0.3) is 0 Å². The van der Waals surface area contributed by atoms with Crippen LogP contribution < -0.4 is 0 Å². The Morgan fingerprint density at radius 1 is 1.50 bits per heavy atom. The Labute approximate surface area is 46.9 Å². The quantitative estimate of drug-likeness (QED) is 0.428. The van der Waals surface area contributed by atoms with Gasteiger partial charge in [0.1, 0.15) is 12.2 Å². The number of cyclic esters (lactones) is 1. The molecule has 1 saturated heterocycles. The molecular weight excluding hydrogens is 108 g/mol. The predicted molar refractivity (Wildman–Crippen MR) is 25.8 cm³/mol. The summed E-state index contributed by atoms with van der Waals surface area (Å²) in [7, 11) is 0. The van der Waals surface area contributed by atoms with Gasteiger partial charge in [-0.25, -0.2) is 0 Å². The zero-order chi connectivity index (χ0) is 5.98. The van der Waals surface area contributed by atoms with E-state index >= 15 is 0 Å². The number of hydrogen-bond donors (Lipinski definition) is 0. The summed E-state index contributed by atoms with van der Waals surface area (Å²) in [5.74, 6) is 0.225. The smallest absolute Gasteiger partial charge is 0.316 e. The lowest BCUT2D eigenvalue weighted by atomic mass is 10.4. The molecule has 0 unspecified atom stereocenters. The molecule has 3 heteroatoms. The van der Waals surface area contributed by atoms with Crippen molar-refractivity contribution in [2.24, 2.45) is 0 Å². The second kappa shape index (κ2) is 1.86. The number of esters is 1. The lowest BCUT2D eigenvalue weighted by molar-refractivity contribution is -0.161. The molecule has 44 valence electrons. The van der Waals surface area contributed by atoms with Gasteiger partial charge in [0.2, 0.25) is 6.79 Å². The molecule has 0 spiro atoms. The van der Waals surface area contributed by atoms with E-state index in [0.29, 0.717) is 5.76 Å². The predicted octanol–water partition coefficient (Wildman–Crippen LogP) is 0.421. The summed E-state index contributed by atoms with van der Waals surface area (Å²) in [5, 5.41) is 0. The van der Waals surface area contributed by atoms with E-state index in [4.69, 9.17) is 4.74 Å². The molecule has 0 saturated carbocycles. The highest BCUT2D eigenvalue weighted by molar-refractivity contribution is 5.72. The minimum atomic E-state index is -0.263. The van der Waals surface area contributed by atoms with E-state index in [9.17, 15) is 4.79 Å². The Balaban J connectivity index is 2.45. The third kappa shape index (κ3) is 0.992. The fourth-order valence-electron chi connectivity index (χ4n) is 0.442. The maximum absolute atomic E-state index is 10.3. The number of carbonyl (C=O) groups excluding carboxylic acids is 1. The standard InChI is InChI=1S/C5H6O3/c1-4-2-5(6)8-3-7-4/h1-3H2. The van der Waals surface area contributed by atoms with Gasteiger partial charge in [0.15, 0.2) is 0 Å². The van der Waals surface area contributed by atoms with E-state index in [-0.39, 0.29) is 19.2 Å². The topological polar surface area (TPSA) is 35.5 Å². The molecule has 3 nitrogen and oxygen atoms in total. The lowest BCUT2D eigenvalue weighted by Crippen LogP contribution is -2.15. The first-order chi connectivity index (χ1) is 3.79. The fraction of sp³-hybridized carbons (Fsp3) is 0.400. The van der Waals surface area contributed by atoms with Gasteiger partial charge in [-0.3, -0.25) is 4.79 Å². The van der Waals surface area contributed by atoms with E-state index in [2.05, 4.69) is 11.3 Å². The molecule has 1 aliphatic heterocycles. The Hall–Kier alpha value is -0.990. The molecule has 0 aromatic heterocycles. The van der Waals surface area contributed by atoms with Crippen molar-refractivity contribution in [1.29, 1.82) is 0 Å². The van der Waals surface area contributed by atoms with Crippen LogP contribution in [0.4, 0.5) is 0 Å². The molecule has 0 N–H and O–H groups in total. The monoisotopic (exact) mass is 114 g/mol. The Morgan fingerprint density at radius 2 is 2.25 bits per heavy atom. The third-order valence-corrected chi connectivity index (χ3v) is 0.824. The second-order valence-electron chi connectivity index (χ2n) is 1.49. The van der Waals surface area contributed by atoms with Crippen LogP contribution >= 0.6 is 0 Å². The van der Waals surface area contributed by atoms with E-state index in [1.54, 1.807) is 0 Å². The zero-order valence-electron chi connectivity index (χ0n) is 4.35. The third-order valence-electron chi connectivity index (χ3n) is 0.824. The molecule has 1 rings (SSSR count). The summed E-state index contributed by atoms with van der Waals surface area (Å²) in [6, 6.07) is 0. The van der Waals surface area contributed by atoms with E-state index in [1.165, 1.54) is 0 Å². The largest absolute Gasteiger partial charge is 0.462 e. The molecule has 0 amide bonds. The summed E-state index contributed by atoms with van der Waals surface area (Å²) in [6.07, 6.45) is 0.194. The molecule has 0 aliphatic carbocycles. The highest BCUT2D eigenvalue weighted by Gasteiger charge is 2.11.